The first-order valence-electron chi connectivity index (χ1n) is 17.9. The fourth-order valence-electron chi connectivity index (χ4n) is 6.79. The highest BCUT2D eigenvalue weighted by atomic mass is 15.0. The van der Waals surface area contributed by atoms with Gasteiger partial charge in [-0.05, 0) is 65.1 Å². The van der Waals surface area contributed by atoms with E-state index in [4.69, 9.17) is 16.8 Å². The number of hydrogen-bond donors (Lipinski definition) is 0. The fraction of sp³-hybridized carbons (Fsp3) is 0.195. The molecule has 0 bridgehead atoms. The van der Waals surface area contributed by atoms with Crippen molar-refractivity contribution in [1.29, 1.82) is 0 Å². The minimum Gasteiger partial charge on any atom is -0.309 e. The molecule has 0 atom stereocenters. The Labute approximate surface area is 271 Å². The number of para-hydroxylation sites is 1. The molecule has 0 amide bonds. The van der Waals surface area contributed by atoms with Crippen molar-refractivity contribution in [2.75, 3.05) is 0 Å². The molecule has 8 rings (SSSR count). The summed E-state index contributed by atoms with van der Waals surface area (Å²) in [6, 6.07) is 28.7. The van der Waals surface area contributed by atoms with Gasteiger partial charge in [0.25, 0.3) is 0 Å². The minimum absolute atomic E-state index is 0.0181. The Morgan fingerprint density at radius 3 is 1.89 bits per heavy atom. The Morgan fingerprint density at radius 1 is 0.556 bits per heavy atom. The van der Waals surface area contributed by atoms with Gasteiger partial charge >= 0.3 is 0 Å². The molecule has 0 N–H and O–H groups in total. The van der Waals surface area contributed by atoms with Gasteiger partial charge in [-0.25, -0.2) is 15.0 Å². The first-order chi connectivity index (χ1) is 23.9. The molecule has 5 aromatic carbocycles. The van der Waals surface area contributed by atoms with Gasteiger partial charge in [0.05, 0.1) is 17.9 Å². The molecule has 1 aliphatic carbocycles. The van der Waals surface area contributed by atoms with E-state index >= 15 is 0 Å². The van der Waals surface area contributed by atoms with E-state index < -0.39 is 18.1 Å². The Bertz CT molecular complexity index is 2470. The molecule has 1 aliphatic rings. The monoisotopic (exact) mass is 589 g/mol. The maximum Gasteiger partial charge on any atom is 0.164 e. The van der Waals surface area contributed by atoms with E-state index in [2.05, 4.69) is 85.8 Å². The molecule has 0 saturated heterocycles. The van der Waals surface area contributed by atoms with Crippen LogP contribution in [-0.2, 0) is 10.8 Å². The van der Waals surface area contributed by atoms with E-state index in [1.54, 1.807) is 0 Å². The van der Waals surface area contributed by atoms with Crippen LogP contribution in [0.3, 0.4) is 0 Å². The molecule has 2 aromatic heterocycles. The fourth-order valence-corrected chi connectivity index (χ4v) is 6.79. The molecule has 45 heavy (non-hydrogen) atoms. The van der Waals surface area contributed by atoms with Crippen LogP contribution in [0, 0.1) is 0 Å². The molecule has 4 heteroatoms. The van der Waals surface area contributed by atoms with Gasteiger partial charge in [-0.3, -0.25) is 0 Å². The summed E-state index contributed by atoms with van der Waals surface area (Å²) in [5.74, 6) is 0.698. The summed E-state index contributed by atoms with van der Waals surface area (Å²) in [6.07, 6.45) is 2.26. The second kappa shape index (κ2) is 10.2. The predicted molar refractivity (Wildman–Crippen MR) is 186 cm³/mol. The number of hydrogen-bond acceptors (Lipinski definition) is 3. The van der Waals surface area contributed by atoms with Crippen LogP contribution in [-0.4, -0.2) is 19.5 Å². The summed E-state index contributed by atoms with van der Waals surface area (Å²) in [7, 11) is 0. The quantitative estimate of drug-likeness (QED) is 0.205. The van der Waals surface area contributed by atoms with Crippen molar-refractivity contribution in [1.82, 2.24) is 19.5 Å². The molecule has 0 fully saturated rings. The van der Waals surface area contributed by atoms with Crippen molar-refractivity contribution in [3.63, 3.8) is 0 Å². The van der Waals surface area contributed by atoms with Crippen molar-refractivity contribution < 1.29 is 6.85 Å². The van der Waals surface area contributed by atoms with Crippen molar-refractivity contribution in [2.45, 2.75) is 51.4 Å². The summed E-state index contributed by atoms with van der Waals surface area (Å²) < 4.78 is 44.3. The van der Waals surface area contributed by atoms with E-state index in [0.29, 0.717) is 17.2 Å². The van der Waals surface area contributed by atoms with Crippen LogP contribution in [0.5, 0.6) is 0 Å². The van der Waals surface area contributed by atoms with E-state index in [1.807, 2.05) is 42.5 Å². The van der Waals surface area contributed by atoms with Crippen molar-refractivity contribution in [3.05, 3.63) is 132 Å². The topological polar surface area (TPSA) is 43.6 Å². The van der Waals surface area contributed by atoms with Crippen LogP contribution >= 0.6 is 0 Å². The molecule has 0 spiro atoms. The molecule has 2 heterocycles. The zero-order valence-electron chi connectivity index (χ0n) is 30.9. The van der Waals surface area contributed by atoms with Crippen LogP contribution in [0.25, 0.3) is 61.7 Å². The van der Waals surface area contributed by atoms with Crippen LogP contribution in [0.4, 0.5) is 0 Å². The van der Waals surface area contributed by atoms with Gasteiger partial charge in [-0.1, -0.05) is 119 Å². The average Bonchev–Trinajstić information content (AvgIpc) is 3.45. The standard InChI is InChI=1S/C41H36N4/c1-40(2)22-23-41(3,4)34-26-36-32(25-33(34)40)31-20-11-12-21-35(31)45(36)30-19-13-18-29(24-30)39-43-37(27-14-7-5-8-15-27)42-38(44-39)28-16-9-6-10-17-28/h5-21,24-26H,22-23H2,1-4H3/i5D,7D,8D,14D,15D. The van der Waals surface area contributed by atoms with E-state index in [1.165, 1.54) is 21.9 Å². The Kier molecular flexibility index (Phi) is 5.10. The zero-order valence-corrected chi connectivity index (χ0v) is 25.9. The second-order valence-electron chi connectivity index (χ2n) is 13.3. The molecule has 0 saturated carbocycles. The van der Waals surface area contributed by atoms with Crippen molar-refractivity contribution >= 4 is 21.8 Å². The van der Waals surface area contributed by atoms with Crippen LogP contribution in [0.2, 0.25) is 0 Å². The maximum absolute atomic E-state index is 8.65. The largest absolute Gasteiger partial charge is 0.309 e. The predicted octanol–water partition coefficient (Wildman–Crippen LogP) is 10.3. The van der Waals surface area contributed by atoms with E-state index in [-0.39, 0.29) is 34.3 Å². The van der Waals surface area contributed by atoms with Gasteiger partial charge in [0.1, 0.15) is 0 Å². The van der Waals surface area contributed by atoms with Gasteiger partial charge in [0.2, 0.25) is 0 Å². The van der Waals surface area contributed by atoms with Crippen molar-refractivity contribution in [2.24, 2.45) is 0 Å². The average molecular weight is 590 g/mol. The lowest BCUT2D eigenvalue weighted by Crippen LogP contribution is -2.33. The summed E-state index contributed by atoms with van der Waals surface area (Å²) in [6.45, 7) is 9.40. The number of rotatable bonds is 4. The minimum atomic E-state index is -0.464. The third-order valence-corrected chi connectivity index (χ3v) is 9.40. The summed E-state index contributed by atoms with van der Waals surface area (Å²) in [5, 5.41) is 2.40. The Morgan fingerprint density at radius 2 is 1.16 bits per heavy atom. The molecular weight excluding hydrogens is 548 g/mol. The molecule has 220 valence electrons. The first-order valence-corrected chi connectivity index (χ1v) is 15.4. The van der Waals surface area contributed by atoms with Crippen LogP contribution in [0.15, 0.2) is 121 Å². The molecule has 4 nitrogen and oxygen atoms in total. The summed E-state index contributed by atoms with van der Waals surface area (Å²) >= 11 is 0. The third-order valence-electron chi connectivity index (χ3n) is 9.40. The number of nitrogens with zero attached hydrogens (tertiary/aromatic N) is 4. The molecule has 0 radical (unpaired) electrons. The summed E-state index contributed by atoms with van der Waals surface area (Å²) in [5.41, 5.74) is 7.45. The van der Waals surface area contributed by atoms with Gasteiger partial charge < -0.3 is 4.57 Å². The molecular formula is C41H36N4. The highest BCUT2D eigenvalue weighted by Gasteiger charge is 2.37. The van der Waals surface area contributed by atoms with Gasteiger partial charge in [-0.2, -0.15) is 0 Å². The maximum atomic E-state index is 8.65. The van der Waals surface area contributed by atoms with Gasteiger partial charge in [-0.15, -0.1) is 0 Å². The lowest BCUT2D eigenvalue weighted by Gasteiger charge is -2.42. The van der Waals surface area contributed by atoms with Gasteiger partial charge in [0.15, 0.2) is 17.5 Å². The SMILES string of the molecule is [2H]c1c([2H])c([2H])c(-c2nc(-c3ccccc3)nc(-c3cccc(-n4c5ccccc5c5cc6c(cc54)C(C)(C)CCC6(C)C)c3)n2)c([2H])c1[2H]. The Balaban J connectivity index is 1.37. The molecule has 0 aliphatic heterocycles. The zero-order chi connectivity index (χ0) is 35.1. The van der Waals surface area contributed by atoms with Crippen LogP contribution < -0.4 is 0 Å². The number of benzene rings is 5. The highest BCUT2D eigenvalue weighted by Crippen LogP contribution is 2.48. The number of aromatic nitrogens is 4. The summed E-state index contributed by atoms with van der Waals surface area (Å²) in [4.78, 5) is 14.3. The van der Waals surface area contributed by atoms with E-state index in [0.717, 1.165) is 35.1 Å². The van der Waals surface area contributed by atoms with Crippen molar-refractivity contribution in [3.8, 4) is 39.9 Å². The van der Waals surface area contributed by atoms with E-state index in [9.17, 15) is 0 Å². The molecule has 7 aromatic rings. The molecule has 0 unspecified atom stereocenters. The smallest absolute Gasteiger partial charge is 0.164 e. The normalized spacial score (nSPS) is 16.8. The Hall–Kier alpha value is -5.09. The van der Waals surface area contributed by atoms with Gasteiger partial charge in [0, 0.05) is 33.2 Å². The third kappa shape index (κ3) is 4.64. The first kappa shape index (κ1) is 22.4. The lowest BCUT2D eigenvalue weighted by atomic mass is 9.63. The number of fused-ring (bicyclic) bond motifs is 4. The van der Waals surface area contributed by atoms with Crippen LogP contribution in [0.1, 0.15) is 58.5 Å². The lowest BCUT2D eigenvalue weighted by molar-refractivity contribution is 0.332. The highest BCUT2D eigenvalue weighted by molar-refractivity contribution is 6.10. The second-order valence-corrected chi connectivity index (χ2v) is 13.3.